The number of aromatic nitrogens is 2. The molecule has 1 aliphatic rings. The third-order valence-electron chi connectivity index (χ3n) is 4.97. The Labute approximate surface area is 152 Å². The van der Waals surface area contributed by atoms with E-state index in [1.165, 1.54) is 17.8 Å². The number of hydrogen-bond donors (Lipinski definition) is 0. The molecule has 1 aliphatic heterocycles. The van der Waals surface area contributed by atoms with Crippen LogP contribution in [0.2, 0.25) is 0 Å². The minimum Gasteiger partial charge on any atom is -0.330 e. The van der Waals surface area contributed by atoms with Gasteiger partial charge in [0.25, 0.3) is 0 Å². The van der Waals surface area contributed by atoms with Gasteiger partial charge < -0.3 is 4.57 Å². The van der Waals surface area contributed by atoms with E-state index in [4.69, 9.17) is 4.98 Å². The molecule has 0 radical (unpaired) electrons. The van der Waals surface area contributed by atoms with Crippen molar-refractivity contribution >= 4 is 0 Å². The van der Waals surface area contributed by atoms with Crippen molar-refractivity contribution < 1.29 is 4.39 Å². The summed E-state index contributed by atoms with van der Waals surface area (Å²) in [6, 6.07) is 16.5. The van der Waals surface area contributed by atoms with Gasteiger partial charge in [0.15, 0.2) is 0 Å². The molecule has 3 aromatic rings. The summed E-state index contributed by atoms with van der Waals surface area (Å²) in [5.74, 6) is 0.629. The van der Waals surface area contributed by atoms with Crippen LogP contribution in [0, 0.1) is 17.1 Å². The van der Waals surface area contributed by atoms with E-state index in [0.717, 1.165) is 54.3 Å². The van der Waals surface area contributed by atoms with Crippen molar-refractivity contribution in [3.05, 3.63) is 76.9 Å². The maximum Gasteiger partial charge on any atom is 0.140 e. The highest BCUT2D eigenvalue weighted by atomic mass is 19.1. The van der Waals surface area contributed by atoms with Crippen LogP contribution >= 0.6 is 0 Å². The molecule has 2 aromatic carbocycles. The van der Waals surface area contributed by atoms with Gasteiger partial charge >= 0.3 is 0 Å². The summed E-state index contributed by atoms with van der Waals surface area (Å²) in [7, 11) is 2.01. The lowest BCUT2D eigenvalue weighted by atomic mass is 10.1. The van der Waals surface area contributed by atoms with Crippen molar-refractivity contribution in [3.8, 4) is 17.5 Å². The Kier molecular flexibility index (Phi) is 4.27. The predicted octanol–water partition coefficient (Wildman–Crippen LogP) is 3.66. The second-order valence-electron chi connectivity index (χ2n) is 6.62. The molecule has 0 atom stereocenters. The summed E-state index contributed by atoms with van der Waals surface area (Å²) in [6.07, 6.45) is 0.874. The largest absolute Gasteiger partial charge is 0.330 e. The standard InChI is InChI=1S/C21H19FN4/c1-25-20-14-26(13-17-5-3-2-4-16(17)12-23)11-10-19(20)24-21(25)15-6-8-18(22)9-7-15/h2-9H,10-11,13-14H2,1H3. The van der Waals surface area contributed by atoms with Gasteiger partial charge in [0.2, 0.25) is 0 Å². The maximum absolute atomic E-state index is 13.2. The average Bonchev–Trinajstić information content (AvgIpc) is 2.99. The van der Waals surface area contributed by atoms with E-state index in [0.29, 0.717) is 0 Å². The Bertz CT molecular complexity index is 982. The van der Waals surface area contributed by atoms with Gasteiger partial charge in [-0.1, -0.05) is 18.2 Å². The number of nitriles is 1. The van der Waals surface area contributed by atoms with Gasteiger partial charge in [-0.15, -0.1) is 0 Å². The van der Waals surface area contributed by atoms with Crippen molar-refractivity contribution in [2.75, 3.05) is 6.54 Å². The molecule has 0 spiro atoms. The quantitative estimate of drug-likeness (QED) is 0.727. The summed E-state index contributed by atoms with van der Waals surface area (Å²) in [6.45, 7) is 2.45. The first-order chi connectivity index (χ1) is 12.7. The predicted molar refractivity (Wildman–Crippen MR) is 97.6 cm³/mol. The molecule has 26 heavy (non-hydrogen) atoms. The second-order valence-corrected chi connectivity index (χ2v) is 6.62. The molecule has 0 saturated heterocycles. The minimum absolute atomic E-state index is 0.241. The molecule has 0 unspecified atom stereocenters. The second kappa shape index (κ2) is 6.74. The third kappa shape index (κ3) is 3.00. The van der Waals surface area contributed by atoms with Crippen LogP contribution in [0.15, 0.2) is 48.5 Å². The first kappa shape index (κ1) is 16.5. The van der Waals surface area contributed by atoms with Gasteiger partial charge in [0, 0.05) is 38.7 Å². The van der Waals surface area contributed by atoms with E-state index in [-0.39, 0.29) is 5.82 Å². The molecule has 2 heterocycles. The number of rotatable bonds is 3. The van der Waals surface area contributed by atoms with E-state index in [9.17, 15) is 9.65 Å². The fraction of sp³-hybridized carbons (Fsp3) is 0.238. The molecule has 130 valence electrons. The van der Waals surface area contributed by atoms with Crippen molar-refractivity contribution in [1.29, 1.82) is 5.26 Å². The normalized spacial score (nSPS) is 14.0. The molecule has 0 N–H and O–H groups in total. The maximum atomic E-state index is 13.2. The lowest BCUT2D eigenvalue weighted by molar-refractivity contribution is 0.238. The van der Waals surface area contributed by atoms with Gasteiger partial charge in [-0.25, -0.2) is 9.37 Å². The average molecular weight is 346 g/mol. The first-order valence-corrected chi connectivity index (χ1v) is 8.66. The van der Waals surface area contributed by atoms with E-state index in [1.54, 1.807) is 12.1 Å². The van der Waals surface area contributed by atoms with Crippen LogP contribution in [0.4, 0.5) is 4.39 Å². The number of halogens is 1. The molecule has 5 heteroatoms. The Balaban J connectivity index is 1.59. The topological polar surface area (TPSA) is 44.9 Å². The fourth-order valence-corrected chi connectivity index (χ4v) is 3.54. The monoisotopic (exact) mass is 346 g/mol. The van der Waals surface area contributed by atoms with Crippen LogP contribution in [0.5, 0.6) is 0 Å². The molecular weight excluding hydrogens is 327 g/mol. The number of nitrogens with zero attached hydrogens (tertiary/aromatic N) is 4. The molecule has 0 bridgehead atoms. The number of benzene rings is 2. The molecule has 4 rings (SSSR count). The van der Waals surface area contributed by atoms with Crippen LogP contribution < -0.4 is 0 Å². The molecule has 0 amide bonds. The zero-order valence-corrected chi connectivity index (χ0v) is 14.6. The van der Waals surface area contributed by atoms with E-state index in [1.807, 2.05) is 31.3 Å². The number of imidazole rings is 1. The highest BCUT2D eigenvalue weighted by molar-refractivity contribution is 5.57. The zero-order chi connectivity index (χ0) is 18.1. The molecule has 4 nitrogen and oxygen atoms in total. The highest BCUT2D eigenvalue weighted by Gasteiger charge is 2.23. The van der Waals surface area contributed by atoms with E-state index in [2.05, 4.69) is 15.5 Å². The minimum atomic E-state index is -0.241. The summed E-state index contributed by atoms with van der Waals surface area (Å²) in [5, 5.41) is 9.29. The Morgan fingerprint density at radius 2 is 1.92 bits per heavy atom. The van der Waals surface area contributed by atoms with Gasteiger partial charge in [0.1, 0.15) is 11.6 Å². The smallest absolute Gasteiger partial charge is 0.140 e. The molecule has 1 aromatic heterocycles. The van der Waals surface area contributed by atoms with Gasteiger partial charge in [-0.05, 0) is 35.9 Å². The van der Waals surface area contributed by atoms with Crippen molar-refractivity contribution in [3.63, 3.8) is 0 Å². The van der Waals surface area contributed by atoms with Crippen LogP contribution in [0.25, 0.3) is 11.4 Å². The van der Waals surface area contributed by atoms with Gasteiger partial charge in [-0.2, -0.15) is 5.26 Å². The van der Waals surface area contributed by atoms with Crippen LogP contribution in [-0.4, -0.2) is 21.0 Å². The highest BCUT2D eigenvalue weighted by Crippen LogP contribution is 2.27. The summed E-state index contributed by atoms with van der Waals surface area (Å²) in [5.41, 5.74) is 5.00. The number of fused-ring (bicyclic) bond motifs is 1. The molecular formula is C21H19FN4. The Hall–Kier alpha value is -2.97. The SMILES string of the molecule is Cn1c(-c2ccc(F)cc2)nc2c1CN(Cc1ccccc1C#N)CC2. The van der Waals surface area contributed by atoms with Crippen molar-refractivity contribution in [2.24, 2.45) is 7.05 Å². The lowest BCUT2D eigenvalue weighted by Gasteiger charge is -2.27. The molecule has 0 fully saturated rings. The van der Waals surface area contributed by atoms with E-state index < -0.39 is 0 Å². The van der Waals surface area contributed by atoms with Crippen molar-refractivity contribution in [1.82, 2.24) is 14.5 Å². The van der Waals surface area contributed by atoms with Gasteiger partial charge in [0.05, 0.1) is 23.0 Å². The Morgan fingerprint density at radius 1 is 1.15 bits per heavy atom. The van der Waals surface area contributed by atoms with E-state index >= 15 is 0 Å². The molecule has 0 saturated carbocycles. The summed E-state index contributed by atoms with van der Waals surface area (Å²) >= 11 is 0. The van der Waals surface area contributed by atoms with Crippen molar-refractivity contribution in [2.45, 2.75) is 19.5 Å². The first-order valence-electron chi connectivity index (χ1n) is 8.66. The summed E-state index contributed by atoms with van der Waals surface area (Å²) in [4.78, 5) is 7.13. The number of hydrogen-bond acceptors (Lipinski definition) is 3. The third-order valence-corrected chi connectivity index (χ3v) is 4.97. The van der Waals surface area contributed by atoms with Gasteiger partial charge in [-0.3, -0.25) is 4.90 Å². The lowest BCUT2D eigenvalue weighted by Crippen LogP contribution is -2.31. The fourth-order valence-electron chi connectivity index (χ4n) is 3.54. The molecule has 0 aliphatic carbocycles. The summed E-state index contributed by atoms with van der Waals surface area (Å²) < 4.78 is 15.3. The van der Waals surface area contributed by atoms with Crippen LogP contribution in [-0.2, 0) is 26.6 Å². The Morgan fingerprint density at radius 3 is 2.69 bits per heavy atom. The zero-order valence-electron chi connectivity index (χ0n) is 14.6. The van der Waals surface area contributed by atoms with Crippen LogP contribution in [0.3, 0.4) is 0 Å². The van der Waals surface area contributed by atoms with Crippen LogP contribution in [0.1, 0.15) is 22.5 Å².